The van der Waals surface area contributed by atoms with Crippen molar-refractivity contribution in [1.82, 2.24) is 5.32 Å². The molecule has 3 atom stereocenters. The minimum atomic E-state index is 0.165. The molecule has 3 unspecified atom stereocenters. The highest BCUT2D eigenvalue weighted by Crippen LogP contribution is 2.22. The first kappa shape index (κ1) is 14.5. The summed E-state index contributed by atoms with van der Waals surface area (Å²) in [6.45, 7) is 3.42. The van der Waals surface area contributed by atoms with Gasteiger partial charge in [0, 0.05) is 12.1 Å². The lowest BCUT2D eigenvalue weighted by Crippen LogP contribution is -2.31. The Hall–Kier alpha value is -0.860. The molecule has 1 aromatic carbocycles. The summed E-state index contributed by atoms with van der Waals surface area (Å²) in [5.41, 5.74) is 7.47. The van der Waals surface area contributed by atoms with Gasteiger partial charge in [-0.2, -0.15) is 0 Å². The first-order valence-corrected chi connectivity index (χ1v) is 7.79. The predicted octanol–water partition coefficient (Wildman–Crippen LogP) is 3.63. The fraction of sp³-hybridized carbons (Fsp3) is 0.647. The van der Waals surface area contributed by atoms with Crippen LogP contribution in [0.4, 0.5) is 0 Å². The van der Waals surface area contributed by atoms with E-state index in [0.717, 1.165) is 18.9 Å². The summed E-state index contributed by atoms with van der Waals surface area (Å²) in [6.07, 6.45) is 7.86. The number of rotatable bonds is 5. The van der Waals surface area contributed by atoms with Crippen LogP contribution in [-0.4, -0.2) is 12.6 Å². The van der Waals surface area contributed by atoms with Gasteiger partial charge in [-0.05, 0) is 43.7 Å². The molecule has 2 heteroatoms. The zero-order valence-electron chi connectivity index (χ0n) is 12.1. The fourth-order valence-corrected chi connectivity index (χ4v) is 3.00. The molecule has 3 N–H and O–H groups in total. The predicted molar refractivity (Wildman–Crippen MR) is 82.0 cm³/mol. The molecule has 0 bridgehead atoms. The normalized spacial score (nSPS) is 25.8. The van der Waals surface area contributed by atoms with Gasteiger partial charge in [-0.3, -0.25) is 0 Å². The van der Waals surface area contributed by atoms with Crippen molar-refractivity contribution in [3.8, 4) is 0 Å². The van der Waals surface area contributed by atoms with Crippen molar-refractivity contribution < 1.29 is 0 Å². The molecule has 1 aromatic rings. The summed E-state index contributed by atoms with van der Waals surface area (Å²) in [4.78, 5) is 0. The van der Waals surface area contributed by atoms with Gasteiger partial charge in [-0.1, -0.05) is 50.1 Å². The number of hydrogen-bond acceptors (Lipinski definition) is 2. The maximum atomic E-state index is 6.22. The lowest BCUT2D eigenvalue weighted by Gasteiger charge is -2.18. The van der Waals surface area contributed by atoms with E-state index < -0.39 is 0 Å². The topological polar surface area (TPSA) is 38.0 Å². The lowest BCUT2D eigenvalue weighted by molar-refractivity contribution is 0.435. The summed E-state index contributed by atoms with van der Waals surface area (Å²) in [6, 6.07) is 11.3. The molecule has 0 saturated heterocycles. The van der Waals surface area contributed by atoms with Crippen molar-refractivity contribution in [2.75, 3.05) is 6.54 Å². The van der Waals surface area contributed by atoms with E-state index in [-0.39, 0.29) is 6.04 Å². The largest absolute Gasteiger partial charge is 0.324 e. The van der Waals surface area contributed by atoms with E-state index in [0.29, 0.717) is 6.04 Å². The summed E-state index contributed by atoms with van der Waals surface area (Å²) >= 11 is 0. The SMILES string of the molecule is CC1CCCC(NCCC(N)c2ccccc2)CC1. The molecule has 0 heterocycles. The Bertz CT molecular complexity index is 350. The second-order valence-corrected chi connectivity index (χ2v) is 6.07. The Morgan fingerprint density at radius 2 is 1.95 bits per heavy atom. The first-order chi connectivity index (χ1) is 9.25. The fourth-order valence-electron chi connectivity index (χ4n) is 3.00. The monoisotopic (exact) mass is 260 g/mol. The van der Waals surface area contributed by atoms with Gasteiger partial charge in [0.05, 0.1) is 0 Å². The van der Waals surface area contributed by atoms with Crippen LogP contribution in [0.2, 0.25) is 0 Å². The van der Waals surface area contributed by atoms with Crippen LogP contribution in [0.25, 0.3) is 0 Å². The molecular formula is C17H28N2. The van der Waals surface area contributed by atoms with E-state index >= 15 is 0 Å². The molecule has 2 nitrogen and oxygen atoms in total. The molecule has 2 rings (SSSR count). The van der Waals surface area contributed by atoms with E-state index in [1.807, 2.05) is 6.07 Å². The zero-order chi connectivity index (χ0) is 13.5. The van der Waals surface area contributed by atoms with Gasteiger partial charge in [-0.15, -0.1) is 0 Å². The van der Waals surface area contributed by atoms with Crippen LogP contribution in [0, 0.1) is 5.92 Å². The second kappa shape index (κ2) is 7.66. The number of hydrogen-bond donors (Lipinski definition) is 2. The molecule has 0 amide bonds. The Morgan fingerprint density at radius 3 is 2.74 bits per heavy atom. The van der Waals surface area contributed by atoms with Crippen LogP contribution in [0.3, 0.4) is 0 Å². The van der Waals surface area contributed by atoms with Crippen LogP contribution in [-0.2, 0) is 0 Å². The third-order valence-corrected chi connectivity index (χ3v) is 4.37. The van der Waals surface area contributed by atoms with Crippen molar-refractivity contribution in [2.45, 2.75) is 57.5 Å². The van der Waals surface area contributed by atoms with Crippen molar-refractivity contribution in [3.05, 3.63) is 35.9 Å². The molecule has 1 saturated carbocycles. The maximum Gasteiger partial charge on any atom is 0.0306 e. The standard InChI is InChI=1S/C17H28N2/c1-14-6-5-9-16(11-10-14)19-13-12-17(18)15-7-3-2-4-8-15/h2-4,7-8,14,16-17,19H,5-6,9-13,18H2,1H3. The van der Waals surface area contributed by atoms with Crippen molar-refractivity contribution in [3.63, 3.8) is 0 Å². The third kappa shape index (κ3) is 4.96. The molecule has 0 aliphatic heterocycles. The average Bonchev–Trinajstić information content (AvgIpc) is 2.65. The maximum absolute atomic E-state index is 6.22. The lowest BCUT2D eigenvalue weighted by atomic mass is 10.0. The van der Waals surface area contributed by atoms with Crippen LogP contribution < -0.4 is 11.1 Å². The molecule has 0 aromatic heterocycles. The second-order valence-electron chi connectivity index (χ2n) is 6.07. The van der Waals surface area contributed by atoms with E-state index in [1.165, 1.54) is 37.7 Å². The minimum absolute atomic E-state index is 0.165. The molecule has 0 spiro atoms. The first-order valence-electron chi connectivity index (χ1n) is 7.79. The van der Waals surface area contributed by atoms with E-state index in [9.17, 15) is 0 Å². The molecule has 1 fully saturated rings. The molecule has 1 aliphatic rings. The Morgan fingerprint density at radius 1 is 1.16 bits per heavy atom. The number of benzene rings is 1. The summed E-state index contributed by atoms with van der Waals surface area (Å²) in [5.74, 6) is 0.915. The van der Waals surface area contributed by atoms with Crippen LogP contribution in [0.15, 0.2) is 30.3 Å². The molecular weight excluding hydrogens is 232 g/mol. The molecule has 19 heavy (non-hydrogen) atoms. The van der Waals surface area contributed by atoms with Gasteiger partial charge >= 0.3 is 0 Å². The van der Waals surface area contributed by atoms with Gasteiger partial charge < -0.3 is 11.1 Å². The highest BCUT2D eigenvalue weighted by atomic mass is 14.9. The van der Waals surface area contributed by atoms with Gasteiger partial charge in [0.15, 0.2) is 0 Å². The third-order valence-electron chi connectivity index (χ3n) is 4.37. The van der Waals surface area contributed by atoms with Crippen molar-refractivity contribution in [1.29, 1.82) is 0 Å². The van der Waals surface area contributed by atoms with E-state index in [4.69, 9.17) is 5.73 Å². The molecule has 106 valence electrons. The zero-order valence-corrected chi connectivity index (χ0v) is 12.1. The van der Waals surface area contributed by atoms with Crippen LogP contribution in [0.5, 0.6) is 0 Å². The summed E-state index contributed by atoms with van der Waals surface area (Å²) in [7, 11) is 0. The quantitative estimate of drug-likeness (QED) is 0.793. The van der Waals surface area contributed by atoms with Gasteiger partial charge in [0.2, 0.25) is 0 Å². The van der Waals surface area contributed by atoms with Crippen LogP contribution >= 0.6 is 0 Å². The van der Waals surface area contributed by atoms with E-state index in [1.54, 1.807) is 0 Å². The van der Waals surface area contributed by atoms with Crippen molar-refractivity contribution >= 4 is 0 Å². The van der Waals surface area contributed by atoms with Gasteiger partial charge in [-0.25, -0.2) is 0 Å². The average molecular weight is 260 g/mol. The molecule has 1 aliphatic carbocycles. The van der Waals surface area contributed by atoms with Crippen LogP contribution in [0.1, 0.15) is 57.1 Å². The van der Waals surface area contributed by atoms with Gasteiger partial charge in [0.1, 0.15) is 0 Å². The molecule has 0 radical (unpaired) electrons. The number of nitrogens with two attached hydrogens (primary N) is 1. The Balaban J connectivity index is 1.68. The highest BCUT2D eigenvalue weighted by molar-refractivity contribution is 5.18. The Kier molecular flexibility index (Phi) is 5.87. The summed E-state index contributed by atoms with van der Waals surface area (Å²) in [5, 5.41) is 3.70. The minimum Gasteiger partial charge on any atom is -0.324 e. The number of nitrogens with one attached hydrogen (secondary N) is 1. The highest BCUT2D eigenvalue weighted by Gasteiger charge is 2.15. The Labute approximate surface area is 117 Å². The van der Waals surface area contributed by atoms with Gasteiger partial charge in [0.25, 0.3) is 0 Å². The van der Waals surface area contributed by atoms with Crippen molar-refractivity contribution in [2.24, 2.45) is 11.7 Å². The smallest absolute Gasteiger partial charge is 0.0306 e. The van der Waals surface area contributed by atoms with E-state index in [2.05, 4.69) is 36.5 Å². The summed E-state index contributed by atoms with van der Waals surface area (Å²) < 4.78 is 0.